The van der Waals surface area contributed by atoms with Gasteiger partial charge in [-0.15, -0.1) is 11.3 Å². The van der Waals surface area contributed by atoms with Crippen molar-refractivity contribution in [2.75, 3.05) is 6.54 Å². The Morgan fingerprint density at radius 2 is 1.89 bits per heavy atom. The monoisotopic (exact) mass is 500 g/mol. The molecule has 0 radical (unpaired) electrons. The smallest absolute Gasteiger partial charge is 0.243 e. The number of amides is 2. The number of carbonyl (C=O) groups is 2. The zero-order valence-electron chi connectivity index (χ0n) is 21.3. The van der Waals surface area contributed by atoms with Gasteiger partial charge in [0.25, 0.3) is 0 Å². The first kappa shape index (κ1) is 28.3. The van der Waals surface area contributed by atoms with E-state index in [1.54, 1.807) is 23.2 Å². The summed E-state index contributed by atoms with van der Waals surface area (Å²) in [6.45, 7) is 8.96. The molecule has 0 bridgehead atoms. The van der Waals surface area contributed by atoms with Gasteiger partial charge in [0.1, 0.15) is 6.04 Å². The first-order valence-corrected chi connectivity index (χ1v) is 13.2. The van der Waals surface area contributed by atoms with Crippen LogP contribution in [0.4, 0.5) is 0 Å². The molecule has 4 rings (SSSR count). The molecule has 35 heavy (non-hydrogen) atoms. The molecule has 2 aromatic rings. The maximum atomic E-state index is 12.6. The van der Waals surface area contributed by atoms with E-state index in [0.29, 0.717) is 31.1 Å². The molecule has 8 nitrogen and oxygen atoms in total. The molecule has 1 aromatic carbocycles. The second-order valence-electron chi connectivity index (χ2n) is 8.63. The van der Waals surface area contributed by atoms with Crippen molar-refractivity contribution in [2.24, 2.45) is 17.5 Å². The normalized spacial score (nSPS) is 17.0. The van der Waals surface area contributed by atoms with Crippen LogP contribution < -0.4 is 22.3 Å². The van der Waals surface area contributed by atoms with Crippen LogP contribution >= 0.6 is 11.3 Å². The van der Waals surface area contributed by atoms with E-state index >= 15 is 0 Å². The number of likely N-dealkylation sites (tertiary alicyclic amines) is 1. The van der Waals surface area contributed by atoms with Crippen molar-refractivity contribution in [2.45, 2.75) is 72.4 Å². The molecule has 2 amide bonds. The van der Waals surface area contributed by atoms with Gasteiger partial charge in [-0.2, -0.15) is 0 Å². The van der Waals surface area contributed by atoms with Crippen molar-refractivity contribution >= 4 is 23.2 Å². The fourth-order valence-electron chi connectivity index (χ4n) is 3.82. The molecule has 0 spiro atoms. The Kier molecular flexibility index (Phi) is 11.7. The molecule has 2 aliphatic rings. The average Bonchev–Trinajstić information content (AvgIpc) is 3.34. The van der Waals surface area contributed by atoms with Gasteiger partial charge in [-0.3, -0.25) is 15.4 Å². The third-order valence-corrected chi connectivity index (χ3v) is 6.75. The molecule has 2 heterocycles. The van der Waals surface area contributed by atoms with Crippen LogP contribution in [-0.4, -0.2) is 34.3 Å². The Hall–Kier alpha value is -2.91. The molecule has 1 aliphatic heterocycles. The van der Waals surface area contributed by atoms with Gasteiger partial charge in [-0.1, -0.05) is 38.1 Å². The molecule has 2 fully saturated rings. The molecule has 1 saturated heterocycles. The Balaban J connectivity index is 0.000000474. The summed E-state index contributed by atoms with van der Waals surface area (Å²) in [5, 5.41) is 3.02. The van der Waals surface area contributed by atoms with Gasteiger partial charge in [-0.25, -0.2) is 4.98 Å². The molecule has 1 atom stereocenters. The molecule has 1 aliphatic carbocycles. The average molecular weight is 501 g/mol. The summed E-state index contributed by atoms with van der Waals surface area (Å²) < 4.78 is 0. The van der Waals surface area contributed by atoms with E-state index in [1.165, 1.54) is 11.1 Å². The lowest BCUT2D eigenvalue weighted by Crippen LogP contribution is -2.45. The highest BCUT2D eigenvalue weighted by Crippen LogP contribution is 2.34. The highest BCUT2D eigenvalue weighted by Gasteiger charge is 2.36. The summed E-state index contributed by atoms with van der Waals surface area (Å²) in [4.78, 5) is 32.3. The highest BCUT2D eigenvalue weighted by molar-refractivity contribution is 7.13. The standard InChI is InChI=1S/C21H25N3O2S.C3H9N3.C2H6/c1-14-20(27-13-23-14)17-8-6-16(7-9-17)12-22-21(26)18-3-2-10-24(18)19(25)11-15-4-5-15;1-3(4)2-6-5;1-2/h6-9,13,15,18H,2-5,10-12H2,1H3,(H,22,26);2,6H,4-5H2,1H3;1-2H3/b;3-2-;. The summed E-state index contributed by atoms with van der Waals surface area (Å²) in [5.74, 6) is 5.50. The van der Waals surface area contributed by atoms with E-state index in [0.717, 1.165) is 42.5 Å². The minimum atomic E-state index is -0.296. The van der Waals surface area contributed by atoms with Crippen LogP contribution in [0, 0.1) is 12.8 Å². The summed E-state index contributed by atoms with van der Waals surface area (Å²) in [6.07, 6.45) is 6.13. The number of aryl methyl sites for hydroxylation is 1. The van der Waals surface area contributed by atoms with E-state index in [2.05, 4.69) is 27.9 Å². The Bertz CT molecular complexity index is 964. The van der Waals surface area contributed by atoms with Gasteiger partial charge in [0.15, 0.2) is 0 Å². The van der Waals surface area contributed by atoms with Crippen molar-refractivity contribution < 1.29 is 9.59 Å². The summed E-state index contributed by atoms with van der Waals surface area (Å²) in [7, 11) is 0. The summed E-state index contributed by atoms with van der Waals surface area (Å²) in [5.41, 5.74) is 13.2. The van der Waals surface area contributed by atoms with Crippen molar-refractivity contribution in [3.05, 3.63) is 52.9 Å². The lowest BCUT2D eigenvalue weighted by Gasteiger charge is -2.24. The predicted octanol–water partition coefficient (Wildman–Crippen LogP) is 3.82. The fraction of sp³-hybridized carbons (Fsp3) is 0.500. The Labute approximate surface area is 213 Å². The summed E-state index contributed by atoms with van der Waals surface area (Å²) in [6, 6.07) is 7.93. The lowest BCUT2D eigenvalue weighted by atomic mass is 10.1. The van der Waals surface area contributed by atoms with Crippen LogP contribution in [0.25, 0.3) is 10.4 Å². The van der Waals surface area contributed by atoms with E-state index in [4.69, 9.17) is 11.6 Å². The number of thiazole rings is 1. The van der Waals surface area contributed by atoms with Gasteiger partial charge < -0.3 is 21.4 Å². The molecule has 192 valence electrons. The number of nitrogens with two attached hydrogens (primary N) is 2. The SMILES string of the molecule is C/C(N)=C/NN.CC.Cc1ncsc1-c1ccc(CNC(=O)C2CCCN2C(=O)CC2CC2)cc1. The van der Waals surface area contributed by atoms with Crippen LogP contribution in [0.2, 0.25) is 0 Å². The number of nitrogens with zero attached hydrogens (tertiary/aromatic N) is 2. The number of allylic oxidation sites excluding steroid dienone is 1. The number of hydrazine groups is 1. The predicted molar refractivity (Wildman–Crippen MR) is 143 cm³/mol. The van der Waals surface area contributed by atoms with Crippen LogP contribution in [0.15, 0.2) is 41.7 Å². The van der Waals surface area contributed by atoms with Crippen LogP contribution in [-0.2, 0) is 16.1 Å². The zero-order chi connectivity index (χ0) is 25.8. The van der Waals surface area contributed by atoms with Crippen molar-refractivity contribution in [3.8, 4) is 10.4 Å². The third kappa shape index (κ3) is 8.99. The van der Waals surface area contributed by atoms with Gasteiger partial charge in [0.05, 0.1) is 16.1 Å². The van der Waals surface area contributed by atoms with Crippen molar-refractivity contribution in [3.63, 3.8) is 0 Å². The minimum Gasteiger partial charge on any atom is -0.401 e. The zero-order valence-corrected chi connectivity index (χ0v) is 22.2. The number of nitrogens with one attached hydrogen (secondary N) is 2. The van der Waals surface area contributed by atoms with E-state index in [9.17, 15) is 9.59 Å². The van der Waals surface area contributed by atoms with Gasteiger partial charge >= 0.3 is 0 Å². The van der Waals surface area contributed by atoms with Crippen molar-refractivity contribution in [1.29, 1.82) is 0 Å². The molecule has 9 heteroatoms. The quantitative estimate of drug-likeness (QED) is 0.338. The van der Waals surface area contributed by atoms with E-state index in [1.807, 2.05) is 38.4 Å². The number of rotatable bonds is 7. The molecule has 6 N–H and O–H groups in total. The van der Waals surface area contributed by atoms with Crippen LogP contribution in [0.5, 0.6) is 0 Å². The van der Waals surface area contributed by atoms with E-state index < -0.39 is 0 Å². The van der Waals surface area contributed by atoms with Crippen molar-refractivity contribution in [1.82, 2.24) is 20.6 Å². The topological polar surface area (TPSA) is 126 Å². The van der Waals surface area contributed by atoms with Gasteiger partial charge in [0, 0.05) is 31.4 Å². The van der Waals surface area contributed by atoms with Gasteiger partial charge in [-0.05, 0) is 56.6 Å². The van der Waals surface area contributed by atoms with Crippen LogP contribution in [0.3, 0.4) is 0 Å². The molecular formula is C26H40N6O2S. The molecule has 1 saturated carbocycles. The second-order valence-corrected chi connectivity index (χ2v) is 9.48. The Morgan fingerprint density at radius 3 is 2.40 bits per heavy atom. The number of aromatic nitrogens is 1. The number of carbonyl (C=O) groups excluding carboxylic acids is 2. The number of hydrogen-bond acceptors (Lipinski definition) is 7. The maximum Gasteiger partial charge on any atom is 0.243 e. The highest BCUT2D eigenvalue weighted by atomic mass is 32.1. The largest absolute Gasteiger partial charge is 0.401 e. The summed E-state index contributed by atoms with van der Waals surface area (Å²) >= 11 is 1.64. The molecule has 1 unspecified atom stereocenters. The van der Waals surface area contributed by atoms with Crippen LogP contribution in [0.1, 0.15) is 64.1 Å². The fourth-order valence-corrected chi connectivity index (χ4v) is 4.63. The minimum absolute atomic E-state index is 0.0287. The Morgan fingerprint density at radius 1 is 1.20 bits per heavy atom. The second kappa shape index (κ2) is 14.5. The first-order valence-electron chi connectivity index (χ1n) is 12.3. The van der Waals surface area contributed by atoms with Gasteiger partial charge in [0.2, 0.25) is 11.8 Å². The maximum absolute atomic E-state index is 12.6. The third-order valence-electron chi connectivity index (χ3n) is 5.78. The first-order chi connectivity index (χ1) is 16.9. The molecule has 1 aromatic heterocycles. The molecular weight excluding hydrogens is 460 g/mol. The number of hydrogen-bond donors (Lipinski definition) is 4. The number of benzene rings is 1. The lowest BCUT2D eigenvalue weighted by molar-refractivity contribution is -0.138. The van der Waals surface area contributed by atoms with E-state index in [-0.39, 0.29) is 17.9 Å².